The monoisotopic (exact) mass is 305 g/mol. The van der Waals surface area contributed by atoms with E-state index in [1.54, 1.807) is 24.3 Å². The van der Waals surface area contributed by atoms with Crippen LogP contribution in [0, 0.1) is 22.7 Å². The zero-order valence-electron chi connectivity index (χ0n) is 12.1. The predicted octanol–water partition coefficient (Wildman–Crippen LogP) is 2.70. The van der Waals surface area contributed by atoms with Crippen LogP contribution in [0.4, 0.5) is 0 Å². The fourth-order valence-electron chi connectivity index (χ4n) is 1.91. The average Bonchev–Trinajstić information content (AvgIpc) is 2.59. The van der Waals surface area contributed by atoms with E-state index in [1.807, 2.05) is 12.1 Å². The van der Waals surface area contributed by atoms with Crippen molar-refractivity contribution in [3.8, 4) is 17.9 Å². The van der Waals surface area contributed by atoms with Gasteiger partial charge in [0.15, 0.2) is 0 Å². The van der Waals surface area contributed by atoms with Gasteiger partial charge < -0.3 is 9.84 Å². The van der Waals surface area contributed by atoms with Gasteiger partial charge in [-0.15, -0.1) is 0 Å². The molecule has 6 heteroatoms. The molecule has 0 aliphatic carbocycles. The van der Waals surface area contributed by atoms with Crippen molar-refractivity contribution in [1.29, 1.82) is 10.5 Å². The highest BCUT2D eigenvalue weighted by molar-refractivity contribution is 5.86. The summed E-state index contributed by atoms with van der Waals surface area (Å²) in [6.45, 7) is 0. The van der Waals surface area contributed by atoms with E-state index in [9.17, 15) is 4.79 Å². The molecule has 0 radical (unpaired) electrons. The van der Waals surface area contributed by atoms with Crippen molar-refractivity contribution in [2.45, 2.75) is 0 Å². The molecular formula is C17H11N3O3. The lowest BCUT2D eigenvalue weighted by Gasteiger charge is -2.03. The minimum Gasteiger partial charge on any atom is -0.495 e. The van der Waals surface area contributed by atoms with Gasteiger partial charge in [-0.2, -0.15) is 10.5 Å². The lowest BCUT2D eigenvalue weighted by Crippen LogP contribution is -2.02. The fraction of sp³-hybridized carbons (Fsp3) is 0.0588. The molecule has 6 nitrogen and oxygen atoms in total. The zero-order chi connectivity index (χ0) is 16.8. The third kappa shape index (κ3) is 3.52. The maximum atomic E-state index is 11.0. The van der Waals surface area contributed by atoms with E-state index in [2.05, 4.69) is 4.98 Å². The van der Waals surface area contributed by atoms with Gasteiger partial charge in [0.2, 0.25) is 0 Å². The Bertz CT molecular complexity index is 874. The van der Waals surface area contributed by atoms with Crippen LogP contribution in [0.1, 0.15) is 32.9 Å². The number of aromatic carboxylic acids is 1. The Hall–Kier alpha value is -3.64. The summed E-state index contributed by atoms with van der Waals surface area (Å²) in [7, 11) is 1.48. The fourth-order valence-corrected chi connectivity index (χ4v) is 1.91. The molecule has 0 fully saturated rings. The molecule has 1 aromatic carbocycles. The van der Waals surface area contributed by atoms with Crippen molar-refractivity contribution in [1.82, 2.24) is 4.98 Å². The van der Waals surface area contributed by atoms with Gasteiger partial charge in [-0.05, 0) is 35.9 Å². The Labute approximate surface area is 132 Å². The first-order valence-corrected chi connectivity index (χ1v) is 6.49. The quantitative estimate of drug-likeness (QED) is 0.930. The summed E-state index contributed by atoms with van der Waals surface area (Å²) in [4.78, 5) is 14.9. The molecule has 1 aromatic heterocycles. The smallest absolute Gasteiger partial charge is 0.354 e. The number of rotatable bonds is 4. The highest BCUT2D eigenvalue weighted by Crippen LogP contribution is 2.20. The van der Waals surface area contributed by atoms with Crippen molar-refractivity contribution in [3.63, 3.8) is 0 Å². The van der Waals surface area contributed by atoms with Gasteiger partial charge in [0.1, 0.15) is 23.6 Å². The van der Waals surface area contributed by atoms with E-state index in [0.717, 1.165) is 0 Å². The van der Waals surface area contributed by atoms with Crippen molar-refractivity contribution in [2.24, 2.45) is 0 Å². The molecule has 23 heavy (non-hydrogen) atoms. The zero-order valence-corrected chi connectivity index (χ0v) is 12.1. The number of carboxylic acid groups (broad SMARTS) is 1. The molecular weight excluding hydrogens is 294 g/mol. The molecule has 2 aromatic rings. The highest BCUT2D eigenvalue weighted by atomic mass is 16.5. The van der Waals surface area contributed by atoms with E-state index in [0.29, 0.717) is 16.9 Å². The van der Waals surface area contributed by atoms with Crippen LogP contribution in [0.15, 0.2) is 30.3 Å². The molecule has 1 heterocycles. The number of nitrogens with zero attached hydrogens (tertiary/aromatic N) is 3. The Balaban J connectivity index is 2.41. The Morgan fingerprint density at radius 2 is 1.91 bits per heavy atom. The number of pyridine rings is 1. The van der Waals surface area contributed by atoms with Crippen LogP contribution < -0.4 is 4.74 Å². The highest BCUT2D eigenvalue weighted by Gasteiger charge is 2.08. The number of benzene rings is 1. The maximum absolute atomic E-state index is 11.0. The van der Waals surface area contributed by atoms with Crippen LogP contribution in [0.3, 0.4) is 0 Å². The van der Waals surface area contributed by atoms with E-state index in [1.165, 1.54) is 25.3 Å². The predicted molar refractivity (Wildman–Crippen MR) is 82.5 cm³/mol. The first kappa shape index (κ1) is 15.7. The van der Waals surface area contributed by atoms with Gasteiger partial charge in [-0.3, -0.25) is 0 Å². The molecule has 0 amide bonds. The van der Waals surface area contributed by atoms with Crippen molar-refractivity contribution in [3.05, 3.63) is 58.4 Å². The molecule has 0 spiro atoms. The van der Waals surface area contributed by atoms with E-state index in [4.69, 9.17) is 20.4 Å². The van der Waals surface area contributed by atoms with Crippen molar-refractivity contribution in [2.75, 3.05) is 7.11 Å². The number of hydrogen-bond donors (Lipinski definition) is 1. The lowest BCUT2D eigenvalue weighted by molar-refractivity contribution is 0.0690. The van der Waals surface area contributed by atoms with E-state index >= 15 is 0 Å². The van der Waals surface area contributed by atoms with Gasteiger partial charge in [-0.1, -0.05) is 12.1 Å². The molecule has 0 bridgehead atoms. The number of carbonyl (C=O) groups is 1. The Kier molecular flexibility index (Phi) is 4.71. The summed E-state index contributed by atoms with van der Waals surface area (Å²) in [5.74, 6) is -0.700. The normalized spacial score (nSPS) is 10.0. The van der Waals surface area contributed by atoms with E-state index < -0.39 is 5.97 Å². The first-order valence-electron chi connectivity index (χ1n) is 6.49. The summed E-state index contributed by atoms with van der Waals surface area (Å²) in [6.07, 6.45) is 3.18. The standard InChI is InChI=1S/C17H11N3O3/c1-23-16-7-3-11(8-13(16)10-19)2-5-14-12(9-18)4-6-15(20-14)17(21)22/h2-8H,1H3,(H,21,22). The van der Waals surface area contributed by atoms with Gasteiger partial charge in [0.05, 0.1) is 23.9 Å². The summed E-state index contributed by atoms with van der Waals surface area (Å²) in [5, 5.41) is 27.1. The second-order valence-electron chi connectivity index (χ2n) is 4.45. The molecule has 0 saturated heterocycles. The number of ether oxygens (including phenoxy) is 1. The minimum atomic E-state index is -1.17. The molecule has 0 atom stereocenters. The average molecular weight is 305 g/mol. The van der Waals surface area contributed by atoms with Crippen LogP contribution in [-0.2, 0) is 0 Å². The SMILES string of the molecule is COc1ccc(C=Cc2nc(C(=O)O)ccc2C#N)cc1C#N. The minimum absolute atomic E-state index is 0.143. The largest absolute Gasteiger partial charge is 0.495 e. The van der Waals surface area contributed by atoms with Gasteiger partial charge >= 0.3 is 5.97 Å². The van der Waals surface area contributed by atoms with Crippen LogP contribution in [-0.4, -0.2) is 23.2 Å². The third-order valence-electron chi connectivity index (χ3n) is 3.04. The van der Waals surface area contributed by atoms with Crippen molar-refractivity contribution >= 4 is 18.1 Å². The molecule has 1 N–H and O–H groups in total. The molecule has 0 saturated carbocycles. The molecule has 112 valence electrons. The molecule has 2 rings (SSSR count). The van der Waals surface area contributed by atoms with Gasteiger partial charge in [0, 0.05) is 0 Å². The number of carboxylic acids is 1. The Morgan fingerprint density at radius 1 is 1.17 bits per heavy atom. The van der Waals surface area contributed by atoms with Crippen LogP contribution in [0.25, 0.3) is 12.2 Å². The summed E-state index contributed by atoms with van der Waals surface area (Å²) in [5.41, 5.74) is 1.45. The summed E-state index contributed by atoms with van der Waals surface area (Å²) < 4.78 is 5.07. The number of nitriles is 2. The van der Waals surface area contributed by atoms with E-state index in [-0.39, 0.29) is 17.0 Å². The maximum Gasteiger partial charge on any atom is 0.354 e. The summed E-state index contributed by atoms with van der Waals surface area (Å²) in [6, 6.07) is 11.7. The molecule has 0 unspecified atom stereocenters. The van der Waals surface area contributed by atoms with Crippen LogP contribution in [0.2, 0.25) is 0 Å². The molecule has 0 aliphatic rings. The van der Waals surface area contributed by atoms with Gasteiger partial charge in [-0.25, -0.2) is 9.78 Å². The van der Waals surface area contributed by atoms with Crippen molar-refractivity contribution < 1.29 is 14.6 Å². The number of methoxy groups -OCH3 is 1. The number of hydrogen-bond acceptors (Lipinski definition) is 5. The summed E-state index contributed by atoms with van der Waals surface area (Å²) >= 11 is 0. The van der Waals surface area contributed by atoms with Gasteiger partial charge in [0.25, 0.3) is 0 Å². The topological polar surface area (TPSA) is 107 Å². The van der Waals surface area contributed by atoms with Crippen LogP contribution in [0.5, 0.6) is 5.75 Å². The second-order valence-corrected chi connectivity index (χ2v) is 4.45. The molecule has 0 aliphatic heterocycles. The first-order chi connectivity index (χ1) is 11.1. The second kappa shape index (κ2) is 6.88. The lowest BCUT2D eigenvalue weighted by atomic mass is 10.1. The number of aromatic nitrogens is 1. The van der Waals surface area contributed by atoms with Crippen LogP contribution >= 0.6 is 0 Å². The Morgan fingerprint density at radius 3 is 2.52 bits per heavy atom. The third-order valence-corrected chi connectivity index (χ3v) is 3.04.